The van der Waals surface area contributed by atoms with E-state index >= 15 is 0 Å². The van der Waals surface area contributed by atoms with Crippen LogP contribution in [0.4, 0.5) is 4.39 Å². The standard InChI is InChI=1S/C26H24FN3O3/c27-21-5-1-4-20(12-21)18-6-8-19(9-7-18)26-22-14-29(15-25(33)30(22)23(26)16-31)24(32)11-17-3-2-10-28-13-17/h1-10,12-13,22-23,26,31H,11,14-16H2/t22-,23-,26+/m1/s1. The van der Waals surface area contributed by atoms with E-state index in [0.29, 0.717) is 6.54 Å². The normalized spacial score (nSPS) is 22.0. The van der Waals surface area contributed by atoms with Gasteiger partial charge in [-0.3, -0.25) is 14.6 Å². The fourth-order valence-corrected chi connectivity index (χ4v) is 5.04. The van der Waals surface area contributed by atoms with Gasteiger partial charge in [-0.2, -0.15) is 0 Å². The molecule has 3 heterocycles. The van der Waals surface area contributed by atoms with Crippen molar-refractivity contribution in [3.63, 3.8) is 0 Å². The molecule has 0 bridgehead atoms. The molecule has 0 unspecified atom stereocenters. The molecular formula is C26H24FN3O3. The van der Waals surface area contributed by atoms with Crippen LogP contribution in [-0.4, -0.2) is 63.5 Å². The van der Waals surface area contributed by atoms with E-state index < -0.39 is 0 Å². The fourth-order valence-electron chi connectivity index (χ4n) is 5.04. The van der Waals surface area contributed by atoms with Gasteiger partial charge in [-0.15, -0.1) is 0 Å². The monoisotopic (exact) mass is 445 g/mol. The molecule has 1 aromatic heterocycles. The van der Waals surface area contributed by atoms with Gasteiger partial charge in [0.2, 0.25) is 11.8 Å². The molecule has 6 nitrogen and oxygen atoms in total. The minimum atomic E-state index is -0.307. The number of carbonyl (C=O) groups excluding carboxylic acids is 2. The summed E-state index contributed by atoms with van der Waals surface area (Å²) in [5.74, 6) is -0.612. The summed E-state index contributed by atoms with van der Waals surface area (Å²) >= 11 is 0. The van der Waals surface area contributed by atoms with Crippen molar-refractivity contribution >= 4 is 11.8 Å². The summed E-state index contributed by atoms with van der Waals surface area (Å²) in [4.78, 5) is 33.1. The van der Waals surface area contributed by atoms with Crippen molar-refractivity contribution < 1.29 is 19.1 Å². The van der Waals surface area contributed by atoms with Crippen molar-refractivity contribution in [2.45, 2.75) is 24.4 Å². The minimum absolute atomic E-state index is 0.0251. The quantitative estimate of drug-likeness (QED) is 0.655. The largest absolute Gasteiger partial charge is 0.394 e. The summed E-state index contributed by atoms with van der Waals surface area (Å²) in [6, 6.07) is 17.4. The fraction of sp³-hybridized carbons (Fsp3) is 0.269. The summed E-state index contributed by atoms with van der Waals surface area (Å²) < 4.78 is 13.6. The Labute approximate surface area is 191 Å². The molecule has 5 rings (SSSR count). The Morgan fingerprint density at radius 3 is 2.61 bits per heavy atom. The highest BCUT2D eigenvalue weighted by Crippen LogP contribution is 2.43. The third-order valence-corrected chi connectivity index (χ3v) is 6.64. The van der Waals surface area contributed by atoms with Gasteiger partial charge < -0.3 is 14.9 Å². The number of carbonyl (C=O) groups is 2. The molecule has 1 N–H and O–H groups in total. The van der Waals surface area contributed by atoms with Crippen LogP contribution in [0.3, 0.4) is 0 Å². The average molecular weight is 445 g/mol. The smallest absolute Gasteiger partial charge is 0.242 e. The lowest BCUT2D eigenvalue weighted by molar-refractivity contribution is -0.166. The van der Waals surface area contributed by atoms with Crippen molar-refractivity contribution in [3.8, 4) is 11.1 Å². The zero-order chi connectivity index (χ0) is 22.9. The summed E-state index contributed by atoms with van der Waals surface area (Å²) in [6.07, 6.45) is 3.51. The Morgan fingerprint density at radius 2 is 1.91 bits per heavy atom. The molecule has 2 aliphatic heterocycles. The van der Waals surface area contributed by atoms with Crippen LogP contribution in [0.2, 0.25) is 0 Å². The Kier molecular flexibility index (Phi) is 5.64. The zero-order valence-electron chi connectivity index (χ0n) is 18.0. The molecule has 2 amide bonds. The molecular weight excluding hydrogens is 421 g/mol. The summed E-state index contributed by atoms with van der Waals surface area (Å²) in [7, 11) is 0. The van der Waals surface area contributed by atoms with Gasteiger partial charge in [0.15, 0.2) is 0 Å². The third-order valence-electron chi connectivity index (χ3n) is 6.64. The lowest BCUT2D eigenvalue weighted by atomic mass is 9.73. The van der Waals surface area contributed by atoms with Crippen LogP contribution >= 0.6 is 0 Å². The van der Waals surface area contributed by atoms with Gasteiger partial charge in [-0.05, 0) is 40.5 Å². The van der Waals surface area contributed by atoms with Crippen molar-refractivity contribution in [2.75, 3.05) is 19.7 Å². The Bertz CT molecular complexity index is 1170. The SMILES string of the molecule is O=C(Cc1cccnc1)N1CC(=O)N2[C@H](CO)[C@@H](c3ccc(-c4cccc(F)c4)cc3)[C@H]2C1. The maximum absolute atomic E-state index is 13.6. The highest BCUT2D eigenvalue weighted by molar-refractivity contribution is 5.88. The molecule has 0 spiro atoms. The van der Waals surface area contributed by atoms with E-state index in [0.717, 1.165) is 22.3 Å². The molecule has 168 valence electrons. The van der Waals surface area contributed by atoms with E-state index in [2.05, 4.69) is 4.98 Å². The first-order valence-corrected chi connectivity index (χ1v) is 11.0. The number of halogens is 1. The minimum Gasteiger partial charge on any atom is -0.394 e. The number of hydrogen-bond donors (Lipinski definition) is 1. The Morgan fingerprint density at radius 1 is 1.09 bits per heavy atom. The molecule has 0 aliphatic carbocycles. The number of nitrogens with zero attached hydrogens (tertiary/aromatic N) is 3. The molecule has 2 aromatic carbocycles. The maximum atomic E-state index is 13.6. The number of aliphatic hydroxyl groups excluding tert-OH is 1. The van der Waals surface area contributed by atoms with E-state index in [1.165, 1.54) is 12.1 Å². The molecule has 3 atom stereocenters. The molecule has 3 aromatic rings. The first-order chi connectivity index (χ1) is 16.0. The number of pyridine rings is 1. The lowest BCUT2D eigenvalue weighted by Gasteiger charge is -2.58. The predicted octanol–water partition coefficient (Wildman–Crippen LogP) is 2.63. The van der Waals surface area contributed by atoms with Crippen LogP contribution < -0.4 is 0 Å². The third kappa shape index (κ3) is 4.00. The van der Waals surface area contributed by atoms with Crippen molar-refractivity contribution in [2.24, 2.45) is 0 Å². The number of amides is 2. The molecule has 33 heavy (non-hydrogen) atoms. The topological polar surface area (TPSA) is 73.7 Å². The second-order valence-corrected chi connectivity index (χ2v) is 8.59. The molecule has 2 fully saturated rings. The van der Waals surface area contributed by atoms with E-state index in [1.54, 1.807) is 34.3 Å². The molecule has 0 radical (unpaired) electrons. The number of hydrogen-bond acceptors (Lipinski definition) is 4. The number of benzene rings is 2. The van der Waals surface area contributed by atoms with Crippen LogP contribution in [-0.2, 0) is 16.0 Å². The first kappa shape index (κ1) is 21.3. The second kappa shape index (κ2) is 8.75. The predicted molar refractivity (Wildman–Crippen MR) is 121 cm³/mol. The Hall–Kier alpha value is -3.58. The lowest BCUT2D eigenvalue weighted by Crippen LogP contribution is -2.73. The number of piperazine rings is 1. The number of rotatable bonds is 5. The van der Waals surface area contributed by atoms with Crippen molar-refractivity contribution in [1.29, 1.82) is 0 Å². The Balaban J connectivity index is 1.35. The van der Waals surface area contributed by atoms with Gasteiger partial charge in [0.1, 0.15) is 5.82 Å². The van der Waals surface area contributed by atoms with Gasteiger partial charge in [0.25, 0.3) is 0 Å². The van der Waals surface area contributed by atoms with Crippen molar-refractivity contribution in [1.82, 2.24) is 14.8 Å². The maximum Gasteiger partial charge on any atom is 0.242 e. The summed E-state index contributed by atoms with van der Waals surface area (Å²) in [5.41, 5.74) is 3.48. The van der Waals surface area contributed by atoms with E-state index in [9.17, 15) is 19.1 Å². The van der Waals surface area contributed by atoms with E-state index in [1.807, 2.05) is 36.4 Å². The zero-order valence-corrected chi connectivity index (χ0v) is 18.0. The van der Waals surface area contributed by atoms with Crippen LogP contribution in [0.25, 0.3) is 11.1 Å². The number of fused-ring (bicyclic) bond motifs is 1. The summed E-state index contributed by atoms with van der Waals surface area (Å²) in [6.45, 7) is 0.317. The molecule has 2 aliphatic rings. The van der Waals surface area contributed by atoms with Crippen LogP contribution in [0.5, 0.6) is 0 Å². The van der Waals surface area contributed by atoms with Gasteiger partial charge in [-0.1, -0.05) is 42.5 Å². The number of aromatic nitrogens is 1. The van der Waals surface area contributed by atoms with Crippen LogP contribution in [0.1, 0.15) is 17.0 Å². The molecule has 7 heteroatoms. The van der Waals surface area contributed by atoms with Gasteiger partial charge in [-0.25, -0.2) is 4.39 Å². The van der Waals surface area contributed by atoms with Crippen LogP contribution in [0, 0.1) is 5.82 Å². The van der Waals surface area contributed by atoms with Gasteiger partial charge >= 0.3 is 0 Å². The van der Waals surface area contributed by atoms with E-state index in [4.69, 9.17) is 0 Å². The average Bonchev–Trinajstić information content (AvgIpc) is 2.81. The van der Waals surface area contributed by atoms with Crippen molar-refractivity contribution in [3.05, 3.63) is 90.0 Å². The van der Waals surface area contributed by atoms with Gasteiger partial charge in [0, 0.05) is 24.9 Å². The first-order valence-electron chi connectivity index (χ1n) is 11.0. The molecule has 2 saturated heterocycles. The highest BCUT2D eigenvalue weighted by Gasteiger charge is 2.54. The number of aliphatic hydroxyl groups is 1. The molecule has 0 saturated carbocycles. The van der Waals surface area contributed by atoms with Crippen LogP contribution in [0.15, 0.2) is 73.1 Å². The van der Waals surface area contributed by atoms with E-state index in [-0.39, 0.29) is 55.2 Å². The summed E-state index contributed by atoms with van der Waals surface area (Å²) in [5, 5.41) is 9.98. The highest BCUT2D eigenvalue weighted by atomic mass is 19.1. The van der Waals surface area contributed by atoms with Gasteiger partial charge in [0.05, 0.1) is 31.7 Å². The second-order valence-electron chi connectivity index (χ2n) is 8.59.